The Hall–Kier alpha value is -17.0. The summed E-state index contributed by atoms with van der Waals surface area (Å²) in [5.41, 5.74) is 26.3. The van der Waals surface area contributed by atoms with E-state index in [9.17, 15) is 0 Å². The molecule has 0 aliphatic heterocycles. The van der Waals surface area contributed by atoms with E-state index in [-0.39, 0.29) is 0 Å². The van der Waals surface area contributed by atoms with Crippen LogP contribution in [0.25, 0.3) is 244 Å². The maximum absolute atomic E-state index is 5.24. The summed E-state index contributed by atoms with van der Waals surface area (Å²) >= 11 is 0. The van der Waals surface area contributed by atoms with Crippen LogP contribution < -0.4 is 0 Å². The molecule has 0 aliphatic carbocycles. The maximum atomic E-state index is 5.24. The van der Waals surface area contributed by atoms with Gasteiger partial charge in [-0.2, -0.15) is 0 Å². The third-order valence-corrected chi connectivity index (χ3v) is 23.2. The average molecular weight is 1580 g/mol. The second-order valence-corrected chi connectivity index (χ2v) is 30.9. The summed E-state index contributed by atoms with van der Waals surface area (Å²) in [4.78, 5) is 64.9. The minimum absolute atomic E-state index is 0.518. The van der Waals surface area contributed by atoms with Gasteiger partial charge in [-0.25, -0.2) is 54.8 Å². The Morgan fingerprint density at radius 3 is 1.01 bits per heavy atom. The van der Waals surface area contributed by atoms with Crippen LogP contribution in [0, 0.1) is 0 Å². The smallest absolute Gasteiger partial charge is 0.182 e. The molecule has 0 N–H and O–H groups in total. The average Bonchev–Trinajstić information content (AvgIpc) is 0.757. The standard InChI is InChI=1S/C56H34N6.C55H33N7/c1-3-10-35(11-4-1)52-34-53(62-56(61-52)40-12-5-2-6-13-40)49-30-24-37-18-22-42(33-51(37)59-49)47-28-23-36-17-21-41(32-50(36)58-47)43-26-27-46(45-16-8-7-15-44(43)45)48-29-25-39-20-19-38-14-9-31-57-54(38)55(39)60-48;1-3-8-38(9-4-1)53-60-54(39-10-5-2-6-11-39)62-55(61-53)48-28-24-35-14-21-45(33-50(35)58-48)46-26-23-34-13-17-43(32-49(34)57-46)41-18-19-42-31-44(22-20-40(42)30-41)47-27-25-37-16-15-36-12-7-29-56-51(36)52(37)59-47/h1-34H;1-33H. The summed E-state index contributed by atoms with van der Waals surface area (Å²) in [7, 11) is 0. The van der Waals surface area contributed by atoms with Crippen LogP contribution in [0.1, 0.15) is 0 Å². The highest BCUT2D eigenvalue weighted by Gasteiger charge is 2.20. The molecule has 14 aromatic carbocycles. The molecular formula is C111H67N13. The monoisotopic (exact) mass is 1580 g/mol. The minimum Gasteiger partial charge on any atom is -0.254 e. The van der Waals surface area contributed by atoms with Crippen molar-refractivity contribution < 1.29 is 0 Å². The number of pyridine rings is 8. The fourth-order valence-corrected chi connectivity index (χ4v) is 16.8. The van der Waals surface area contributed by atoms with Gasteiger partial charge in [0.2, 0.25) is 0 Å². The van der Waals surface area contributed by atoms with Gasteiger partial charge in [0, 0.05) is 100.0 Å². The molecule has 24 aromatic rings. The van der Waals surface area contributed by atoms with Gasteiger partial charge in [-0.15, -0.1) is 0 Å². The molecule has 0 saturated carbocycles. The Morgan fingerprint density at radius 1 is 0.137 bits per heavy atom. The molecule has 0 bridgehead atoms. The van der Waals surface area contributed by atoms with Crippen LogP contribution in [-0.4, -0.2) is 64.8 Å². The van der Waals surface area contributed by atoms with Crippen molar-refractivity contribution in [2.45, 2.75) is 0 Å². The van der Waals surface area contributed by atoms with Gasteiger partial charge in [0.25, 0.3) is 0 Å². The lowest BCUT2D eigenvalue weighted by atomic mass is 9.93. The molecule has 0 atom stereocenters. The molecule has 0 aliphatic rings. The molecule has 10 aromatic heterocycles. The first-order chi connectivity index (χ1) is 61.3. The second-order valence-electron chi connectivity index (χ2n) is 30.9. The highest BCUT2D eigenvalue weighted by Crippen LogP contribution is 2.41. The summed E-state index contributed by atoms with van der Waals surface area (Å²) < 4.78 is 0. The Bertz CT molecular complexity index is 8270. The normalized spacial score (nSPS) is 11.5. The summed E-state index contributed by atoms with van der Waals surface area (Å²) in [5.74, 6) is 2.38. The number of hydrogen-bond acceptors (Lipinski definition) is 13. The summed E-state index contributed by atoms with van der Waals surface area (Å²) in [6, 6.07) is 136. The largest absolute Gasteiger partial charge is 0.254 e. The van der Waals surface area contributed by atoms with E-state index < -0.39 is 0 Å². The van der Waals surface area contributed by atoms with Crippen LogP contribution in [0.3, 0.4) is 0 Å². The number of fused-ring (bicyclic) bond motifs is 12. The van der Waals surface area contributed by atoms with Crippen molar-refractivity contribution >= 4 is 109 Å². The lowest BCUT2D eigenvalue weighted by Crippen LogP contribution is -2.01. The molecule has 0 fully saturated rings. The topological polar surface area (TPSA) is 168 Å². The van der Waals surface area contributed by atoms with E-state index in [0.29, 0.717) is 29.0 Å². The van der Waals surface area contributed by atoms with E-state index in [0.717, 1.165) is 215 Å². The van der Waals surface area contributed by atoms with Gasteiger partial charge < -0.3 is 0 Å². The summed E-state index contributed by atoms with van der Waals surface area (Å²) in [5, 5.41) is 13.2. The van der Waals surface area contributed by atoms with Gasteiger partial charge in [-0.1, -0.05) is 303 Å². The van der Waals surface area contributed by atoms with E-state index in [4.69, 9.17) is 54.8 Å². The number of rotatable bonds is 12. The van der Waals surface area contributed by atoms with Crippen LogP contribution >= 0.6 is 0 Å². The van der Waals surface area contributed by atoms with E-state index in [1.807, 2.05) is 152 Å². The predicted octanol–water partition coefficient (Wildman–Crippen LogP) is 27.0. The zero-order valence-corrected chi connectivity index (χ0v) is 66.5. The van der Waals surface area contributed by atoms with Crippen LogP contribution in [0.4, 0.5) is 0 Å². The van der Waals surface area contributed by atoms with Gasteiger partial charge in [0.15, 0.2) is 23.3 Å². The Kier molecular flexibility index (Phi) is 17.9. The lowest BCUT2D eigenvalue weighted by molar-refractivity contribution is 1.06. The van der Waals surface area contributed by atoms with Crippen LogP contribution in [0.5, 0.6) is 0 Å². The Labute approximate surface area is 711 Å². The van der Waals surface area contributed by atoms with Crippen molar-refractivity contribution in [3.05, 3.63) is 407 Å². The predicted molar refractivity (Wildman–Crippen MR) is 505 cm³/mol. The van der Waals surface area contributed by atoms with E-state index in [2.05, 4.69) is 265 Å². The van der Waals surface area contributed by atoms with Gasteiger partial charge in [0.05, 0.1) is 84.0 Å². The SMILES string of the molecule is c1ccc(-c2cc(-c3ccc4ccc(-c5ccc6ccc(-c7ccc(-c8ccc9ccc%10cccnc%10c9n8)c8ccccc78)cc6n5)cc4n3)nc(-c3ccccc3)n2)cc1.c1ccc(-c2nc(-c3ccccc3)nc(-c3ccc4ccc(-c5ccc6ccc(-c7ccc8cc(-c9ccc%10ccc%11cccnc%11c%10n9)ccc8c7)cc6n5)cc4n3)n2)cc1. The number of nitrogens with zero attached hydrogens (tertiary/aromatic N) is 13. The second kappa shape index (κ2) is 30.7. The summed E-state index contributed by atoms with van der Waals surface area (Å²) in [6.07, 6.45) is 3.66. The fraction of sp³-hybridized carbons (Fsp3) is 0. The molecule has 0 radical (unpaired) electrons. The molecule has 24 rings (SSSR count). The Balaban J connectivity index is 0.000000143. The van der Waals surface area contributed by atoms with Crippen LogP contribution in [-0.2, 0) is 0 Å². The zero-order chi connectivity index (χ0) is 82.0. The number of aromatic nitrogens is 13. The van der Waals surface area contributed by atoms with Crippen molar-refractivity contribution in [2.24, 2.45) is 0 Å². The lowest BCUT2D eigenvalue weighted by Gasteiger charge is -2.13. The molecule has 0 amide bonds. The van der Waals surface area contributed by atoms with Gasteiger partial charge in [0.1, 0.15) is 5.69 Å². The van der Waals surface area contributed by atoms with Crippen molar-refractivity contribution in [2.75, 3.05) is 0 Å². The highest BCUT2D eigenvalue weighted by molar-refractivity contribution is 6.09. The summed E-state index contributed by atoms with van der Waals surface area (Å²) in [6.45, 7) is 0. The van der Waals surface area contributed by atoms with Crippen molar-refractivity contribution in [3.8, 4) is 136 Å². The van der Waals surface area contributed by atoms with E-state index in [1.165, 1.54) is 0 Å². The maximum Gasteiger partial charge on any atom is 0.182 e. The van der Waals surface area contributed by atoms with Crippen LogP contribution in [0.2, 0.25) is 0 Å². The van der Waals surface area contributed by atoms with Gasteiger partial charge in [-0.3, -0.25) is 9.97 Å². The van der Waals surface area contributed by atoms with Crippen molar-refractivity contribution in [3.63, 3.8) is 0 Å². The number of benzene rings is 14. The number of hydrogen-bond donors (Lipinski definition) is 0. The molecule has 13 nitrogen and oxygen atoms in total. The first-order valence-corrected chi connectivity index (χ1v) is 41.2. The Morgan fingerprint density at radius 2 is 0.468 bits per heavy atom. The quantitative estimate of drug-likeness (QED) is 0.106. The zero-order valence-electron chi connectivity index (χ0n) is 66.5. The highest BCUT2D eigenvalue weighted by atomic mass is 15.0. The molecular weight excluding hydrogens is 1520 g/mol. The van der Waals surface area contributed by atoms with Gasteiger partial charge in [-0.05, 0) is 135 Å². The molecule has 124 heavy (non-hydrogen) atoms. The first kappa shape index (κ1) is 72.2. The molecule has 0 saturated heterocycles. The molecule has 576 valence electrons. The molecule has 10 heterocycles. The minimum atomic E-state index is 0.518. The van der Waals surface area contributed by atoms with E-state index >= 15 is 0 Å². The van der Waals surface area contributed by atoms with Gasteiger partial charge >= 0.3 is 0 Å². The third-order valence-electron chi connectivity index (χ3n) is 23.2. The first-order valence-electron chi connectivity index (χ1n) is 41.2. The van der Waals surface area contributed by atoms with Crippen molar-refractivity contribution in [1.29, 1.82) is 0 Å². The molecule has 13 heteroatoms. The van der Waals surface area contributed by atoms with E-state index in [1.54, 1.807) is 0 Å². The van der Waals surface area contributed by atoms with Crippen LogP contribution in [0.15, 0.2) is 407 Å². The molecule has 0 spiro atoms. The third kappa shape index (κ3) is 13.8. The van der Waals surface area contributed by atoms with Crippen molar-refractivity contribution in [1.82, 2.24) is 64.8 Å². The molecule has 0 unspecified atom stereocenters. The fourth-order valence-electron chi connectivity index (χ4n) is 16.8.